The first-order valence-corrected chi connectivity index (χ1v) is 6.82. The summed E-state index contributed by atoms with van der Waals surface area (Å²) in [6.07, 6.45) is 2.57. The number of aromatic nitrogens is 2. The fourth-order valence-electron chi connectivity index (χ4n) is 2.11. The topological polar surface area (TPSA) is 65.3 Å². The second-order valence-electron chi connectivity index (χ2n) is 5.90. The van der Waals surface area contributed by atoms with Crippen molar-refractivity contribution in [1.29, 1.82) is 0 Å². The van der Waals surface area contributed by atoms with E-state index in [1.807, 2.05) is 0 Å². The Morgan fingerprint density at radius 1 is 1.24 bits per heavy atom. The third-order valence-electron chi connectivity index (χ3n) is 2.88. The average Bonchev–Trinajstić information content (AvgIpc) is 2.60. The highest BCUT2D eigenvalue weighted by molar-refractivity contribution is 6.35. The molecule has 0 saturated carbocycles. The number of hydrogen-bond acceptors (Lipinski definition) is 3. The number of amides is 1. The van der Waals surface area contributed by atoms with Gasteiger partial charge < -0.3 is 13.9 Å². The van der Waals surface area contributed by atoms with Crippen LogP contribution in [-0.2, 0) is 18.8 Å². The number of ether oxygens (including phenoxy) is 1. The van der Waals surface area contributed by atoms with Crippen LogP contribution in [0.4, 0.5) is 10.5 Å². The molecule has 0 atom stereocenters. The van der Waals surface area contributed by atoms with E-state index in [9.17, 15) is 9.59 Å². The van der Waals surface area contributed by atoms with E-state index in [0.717, 1.165) is 0 Å². The van der Waals surface area contributed by atoms with Gasteiger partial charge in [-0.3, -0.25) is 10.1 Å². The summed E-state index contributed by atoms with van der Waals surface area (Å²) in [5, 5.41) is 3.40. The molecule has 0 aliphatic heterocycles. The van der Waals surface area contributed by atoms with Gasteiger partial charge in [-0.05, 0) is 20.8 Å². The zero-order valence-electron chi connectivity index (χ0n) is 12.7. The van der Waals surface area contributed by atoms with Crippen molar-refractivity contribution in [3.05, 3.63) is 27.8 Å². The normalized spacial score (nSPS) is 11.7. The molecular weight excluding hydrogens is 294 g/mol. The fourth-order valence-corrected chi connectivity index (χ4v) is 2.48. The molecule has 6 nitrogen and oxygen atoms in total. The molecule has 1 N–H and O–H groups in total. The highest BCUT2D eigenvalue weighted by Crippen LogP contribution is 2.28. The second kappa shape index (κ2) is 5.11. The van der Waals surface area contributed by atoms with Crippen molar-refractivity contribution >= 4 is 34.3 Å². The molecule has 0 bridgehead atoms. The minimum absolute atomic E-state index is 0.235. The molecule has 0 aliphatic rings. The number of nitrogens with one attached hydrogen (secondary N) is 1. The first-order valence-electron chi connectivity index (χ1n) is 6.44. The molecule has 0 saturated heterocycles. The number of halogens is 1. The maximum Gasteiger partial charge on any atom is 0.412 e. The van der Waals surface area contributed by atoms with Crippen LogP contribution in [0.1, 0.15) is 20.8 Å². The van der Waals surface area contributed by atoms with E-state index in [1.54, 1.807) is 51.8 Å². The van der Waals surface area contributed by atoms with Crippen molar-refractivity contribution in [2.75, 3.05) is 5.32 Å². The number of pyridine rings is 1. The van der Waals surface area contributed by atoms with Crippen molar-refractivity contribution in [3.63, 3.8) is 0 Å². The molecule has 1 amide bonds. The van der Waals surface area contributed by atoms with Gasteiger partial charge in [0.25, 0.3) is 5.56 Å². The summed E-state index contributed by atoms with van der Waals surface area (Å²) < 4.78 is 8.28. The zero-order valence-corrected chi connectivity index (χ0v) is 13.4. The Kier molecular flexibility index (Phi) is 3.76. The van der Waals surface area contributed by atoms with Crippen molar-refractivity contribution in [2.24, 2.45) is 14.1 Å². The lowest BCUT2D eigenvalue weighted by Gasteiger charge is -2.19. The minimum atomic E-state index is -0.614. The van der Waals surface area contributed by atoms with Crippen molar-refractivity contribution < 1.29 is 9.53 Å². The van der Waals surface area contributed by atoms with Gasteiger partial charge in [-0.25, -0.2) is 4.79 Å². The smallest absolute Gasteiger partial charge is 0.412 e. The van der Waals surface area contributed by atoms with Crippen LogP contribution in [0.3, 0.4) is 0 Å². The summed E-state index contributed by atoms with van der Waals surface area (Å²) in [7, 11) is 3.37. The lowest BCUT2D eigenvalue weighted by atomic mass is 10.2. The van der Waals surface area contributed by atoms with Crippen molar-refractivity contribution in [1.82, 2.24) is 9.13 Å². The molecule has 0 fully saturated rings. The molecule has 7 heteroatoms. The third-order valence-corrected chi connectivity index (χ3v) is 3.16. The summed E-state index contributed by atoms with van der Waals surface area (Å²) in [5.74, 6) is 0. The van der Waals surface area contributed by atoms with E-state index in [2.05, 4.69) is 5.32 Å². The largest absolute Gasteiger partial charge is 0.444 e. The molecule has 21 heavy (non-hydrogen) atoms. The van der Waals surface area contributed by atoms with Crippen LogP contribution >= 0.6 is 11.6 Å². The quantitative estimate of drug-likeness (QED) is 0.880. The maximum absolute atomic E-state index is 12.3. The lowest BCUT2D eigenvalue weighted by Crippen LogP contribution is -2.27. The van der Waals surface area contributed by atoms with Gasteiger partial charge in [-0.1, -0.05) is 11.6 Å². The van der Waals surface area contributed by atoms with E-state index in [-0.39, 0.29) is 5.56 Å². The highest BCUT2D eigenvalue weighted by atomic mass is 35.5. The van der Waals surface area contributed by atoms with Gasteiger partial charge in [-0.2, -0.15) is 0 Å². The van der Waals surface area contributed by atoms with Crippen LogP contribution in [0.15, 0.2) is 17.2 Å². The third kappa shape index (κ3) is 3.05. The Labute approximate surface area is 127 Å². The Hall–Kier alpha value is -1.95. The van der Waals surface area contributed by atoms with Crippen LogP contribution in [0, 0.1) is 0 Å². The molecule has 0 aromatic carbocycles. The lowest BCUT2D eigenvalue weighted by molar-refractivity contribution is 0.0636. The minimum Gasteiger partial charge on any atom is -0.444 e. The van der Waals surface area contributed by atoms with Crippen molar-refractivity contribution in [3.8, 4) is 0 Å². The first kappa shape index (κ1) is 15.4. The van der Waals surface area contributed by atoms with Crippen LogP contribution < -0.4 is 10.9 Å². The number of aryl methyl sites for hydroxylation is 2. The number of nitrogens with zero attached hydrogens (tertiary/aromatic N) is 2. The fraction of sp³-hybridized carbons (Fsp3) is 0.429. The number of carbonyl (C=O) groups excluding carboxylic acids is 1. The summed E-state index contributed by atoms with van der Waals surface area (Å²) in [5.41, 5.74) is 0.105. The molecule has 2 heterocycles. The number of anilines is 1. The van der Waals surface area contributed by atoms with Gasteiger partial charge in [0.15, 0.2) is 0 Å². The molecule has 0 radical (unpaired) electrons. The van der Waals surface area contributed by atoms with Gasteiger partial charge >= 0.3 is 6.09 Å². The summed E-state index contributed by atoms with van der Waals surface area (Å²) >= 11 is 6.17. The van der Waals surface area contributed by atoms with Gasteiger partial charge in [0.2, 0.25) is 0 Å². The number of fused-ring (bicyclic) bond motifs is 1. The predicted molar refractivity (Wildman–Crippen MR) is 83.0 cm³/mol. The SMILES string of the molecule is Cn1cc(Cl)c2c(c(NC(=O)OC(C)(C)C)cn2C)c1=O. The Morgan fingerprint density at radius 2 is 1.86 bits per heavy atom. The van der Waals surface area contributed by atoms with Crippen LogP contribution in [0.25, 0.3) is 10.9 Å². The van der Waals surface area contributed by atoms with Gasteiger partial charge in [0, 0.05) is 26.5 Å². The molecule has 2 rings (SSSR count). The summed E-state index contributed by atoms with van der Waals surface area (Å²) in [6, 6.07) is 0. The van der Waals surface area contributed by atoms with Gasteiger partial charge in [-0.15, -0.1) is 0 Å². The number of hydrogen-bond donors (Lipinski definition) is 1. The molecule has 0 unspecified atom stereocenters. The van der Waals surface area contributed by atoms with Crippen LogP contribution in [0.5, 0.6) is 0 Å². The average molecular weight is 312 g/mol. The predicted octanol–water partition coefficient (Wildman–Crippen LogP) is 2.88. The molecular formula is C14H18ClN3O3. The Balaban J connectivity index is 2.51. The summed E-state index contributed by atoms with van der Waals surface area (Å²) in [4.78, 5) is 24.2. The van der Waals surface area contributed by atoms with E-state index in [1.165, 1.54) is 4.57 Å². The molecule has 0 spiro atoms. The zero-order chi connectivity index (χ0) is 15.9. The van der Waals surface area contributed by atoms with E-state index < -0.39 is 11.7 Å². The van der Waals surface area contributed by atoms with Gasteiger partial charge in [0.1, 0.15) is 5.60 Å². The van der Waals surface area contributed by atoms with Gasteiger partial charge in [0.05, 0.1) is 21.6 Å². The Bertz CT molecular complexity index is 768. The van der Waals surface area contributed by atoms with Crippen LogP contribution in [-0.4, -0.2) is 20.8 Å². The van der Waals surface area contributed by atoms with Crippen LogP contribution in [0.2, 0.25) is 5.02 Å². The second-order valence-corrected chi connectivity index (χ2v) is 6.30. The first-order chi connectivity index (χ1) is 9.60. The monoisotopic (exact) mass is 311 g/mol. The molecule has 114 valence electrons. The Morgan fingerprint density at radius 3 is 2.43 bits per heavy atom. The number of carbonyl (C=O) groups is 1. The van der Waals surface area contributed by atoms with Crippen molar-refractivity contribution in [2.45, 2.75) is 26.4 Å². The van der Waals surface area contributed by atoms with E-state index in [4.69, 9.17) is 16.3 Å². The van der Waals surface area contributed by atoms with E-state index >= 15 is 0 Å². The summed E-state index contributed by atoms with van der Waals surface area (Å²) in [6.45, 7) is 5.31. The highest BCUT2D eigenvalue weighted by Gasteiger charge is 2.20. The van der Waals surface area contributed by atoms with E-state index in [0.29, 0.717) is 21.6 Å². The maximum atomic E-state index is 12.3. The molecule has 2 aromatic heterocycles. The number of rotatable bonds is 1. The molecule has 0 aliphatic carbocycles. The molecule has 2 aromatic rings. The standard InChI is InChI=1S/C14H18ClN3O3/c1-14(2,3)21-13(20)16-9-7-17(4)11-8(15)6-18(5)12(19)10(9)11/h6-7H,1-5H3,(H,16,20).